The van der Waals surface area contributed by atoms with Crippen LogP contribution < -0.4 is 5.43 Å². The summed E-state index contributed by atoms with van der Waals surface area (Å²) in [5.74, 6) is 0. The highest BCUT2D eigenvalue weighted by molar-refractivity contribution is 14.1. The Bertz CT molecular complexity index is 432. The SMILES string of the molecule is O=C(Cl)c1[nH]c(I)cc(=O)c1C(F)F. The van der Waals surface area contributed by atoms with E-state index >= 15 is 0 Å². The van der Waals surface area contributed by atoms with Gasteiger partial charge in [0, 0.05) is 6.07 Å². The smallest absolute Gasteiger partial charge is 0.269 e. The third-order valence-corrected chi connectivity index (χ3v) is 2.22. The lowest BCUT2D eigenvalue weighted by Gasteiger charge is -2.04. The lowest BCUT2D eigenvalue weighted by Crippen LogP contribution is -2.16. The Labute approximate surface area is 95.6 Å². The topological polar surface area (TPSA) is 49.9 Å². The quantitative estimate of drug-likeness (QED) is 0.513. The van der Waals surface area contributed by atoms with E-state index in [1.54, 1.807) is 22.6 Å². The lowest BCUT2D eigenvalue weighted by atomic mass is 10.2. The van der Waals surface area contributed by atoms with Crippen molar-refractivity contribution in [2.75, 3.05) is 0 Å². The monoisotopic (exact) mass is 333 g/mol. The fraction of sp³-hybridized carbons (Fsp3) is 0.143. The normalized spacial score (nSPS) is 10.6. The molecule has 0 saturated carbocycles. The number of halogens is 4. The van der Waals surface area contributed by atoms with Crippen LogP contribution >= 0.6 is 34.2 Å². The maximum absolute atomic E-state index is 12.3. The molecule has 1 aromatic rings. The molecule has 76 valence electrons. The first-order valence-electron chi connectivity index (χ1n) is 3.34. The first-order valence-corrected chi connectivity index (χ1v) is 4.80. The third kappa shape index (κ3) is 2.30. The highest BCUT2D eigenvalue weighted by Gasteiger charge is 2.21. The van der Waals surface area contributed by atoms with E-state index in [2.05, 4.69) is 4.98 Å². The molecular weight excluding hydrogens is 330 g/mol. The molecule has 0 fully saturated rings. The van der Waals surface area contributed by atoms with Gasteiger partial charge in [0.25, 0.3) is 11.7 Å². The number of carbonyl (C=O) groups is 1. The van der Waals surface area contributed by atoms with Crippen molar-refractivity contribution < 1.29 is 13.6 Å². The number of aromatic nitrogens is 1. The molecule has 1 N–H and O–H groups in total. The minimum absolute atomic E-state index is 0.279. The summed E-state index contributed by atoms with van der Waals surface area (Å²) in [5, 5.41) is -1.10. The fourth-order valence-corrected chi connectivity index (χ4v) is 1.61. The van der Waals surface area contributed by atoms with Crippen LogP contribution in [0.4, 0.5) is 8.78 Å². The van der Waals surface area contributed by atoms with Crippen molar-refractivity contribution >= 4 is 39.4 Å². The van der Waals surface area contributed by atoms with E-state index in [9.17, 15) is 18.4 Å². The van der Waals surface area contributed by atoms with Crippen LogP contribution in [0.1, 0.15) is 22.5 Å². The number of hydrogen-bond acceptors (Lipinski definition) is 2. The Hall–Kier alpha value is -0.500. The molecule has 0 unspecified atom stereocenters. The zero-order valence-corrected chi connectivity index (χ0v) is 9.40. The van der Waals surface area contributed by atoms with E-state index in [-0.39, 0.29) is 3.70 Å². The predicted molar refractivity (Wildman–Crippen MR) is 54.9 cm³/mol. The minimum atomic E-state index is -3.02. The summed E-state index contributed by atoms with van der Waals surface area (Å²) in [6.07, 6.45) is -3.02. The summed E-state index contributed by atoms with van der Waals surface area (Å²) >= 11 is 6.74. The summed E-state index contributed by atoms with van der Waals surface area (Å²) < 4.78 is 25.0. The van der Waals surface area contributed by atoms with Crippen LogP contribution in [0.15, 0.2) is 10.9 Å². The van der Waals surface area contributed by atoms with Gasteiger partial charge in [0.1, 0.15) is 5.69 Å². The predicted octanol–water partition coefficient (Wildman–Crippen LogP) is 2.30. The first-order chi connectivity index (χ1) is 6.43. The molecule has 0 aromatic carbocycles. The average molecular weight is 333 g/mol. The van der Waals surface area contributed by atoms with Gasteiger partial charge in [-0.15, -0.1) is 0 Å². The Morgan fingerprint density at radius 1 is 1.57 bits per heavy atom. The van der Waals surface area contributed by atoms with Gasteiger partial charge in [-0.3, -0.25) is 9.59 Å². The molecular formula is C7H3ClF2INO2. The van der Waals surface area contributed by atoms with Crippen LogP contribution in [0.5, 0.6) is 0 Å². The standard InChI is InChI=1S/C7H3ClF2INO2/c8-6(14)5-4(7(9)10)2(13)1-3(11)12-5/h1,7H,(H,12,13). The van der Waals surface area contributed by atoms with Gasteiger partial charge in [-0.2, -0.15) is 0 Å². The molecule has 7 heteroatoms. The van der Waals surface area contributed by atoms with Crippen molar-refractivity contribution in [2.45, 2.75) is 6.43 Å². The van der Waals surface area contributed by atoms with Gasteiger partial charge in [-0.25, -0.2) is 8.78 Å². The lowest BCUT2D eigenvalue weighted by molar-refractivity contribution is 0.105. The number of carbonyl (C=O) groups excluding carboxylic acids is 1. The zero-order chi connectivity index (χ0) is 10.9. The summed E-state index contributed by atoms with van der Waals surface area (Å²) in [5.41, 5.74) is -2.32. The second kappa shape index (κ2) is 4.35. The second-order valence-corrected chi connectivity index (χ2v) is 3.85. The third-order valence-electron chi connectivity index (χ3n) is 1.45. The molecule has 0 aliphatic heterocycles. The van der Waals surface area contributed by atoms with E-state index in [1.165, 1.54) is 0 Å². The van der Waals surface area contributed by atoms with Gasteiger partial charge in [0.15, 0.2) is 5.43 Å². The molecule has 1 rings (SSSR count). The number of pyridine rings is 1. The molecule has 0 amide bonds. The number of rotatable bonds is 2. The molecule has 0 radical (unpaired) electrons. The van der Waals surface area contributed by atoms with E-state index in [0.717, 1.165) is 6.07 Å². The van der Waals surface area contributed by atoms with Crippen LogP contribution in [0.3, 0.4) is 0 Å². The van der Waals surface area contributed by atoms with Crippen LogP contribution in [0, 0.1) is 3.70 Å². The summed E-state index contributed by atoms with van der Waals surface area (Å²) in [6.45, 7) is 0. The number of aromatic amines is 1. The van der Waals surface area contributed by atoms with E-state index in [4.69, 9.17) is 11.6 Å². The molecule has 0 atom stereocenters. The number of alkyl halides is 2. The van der Waals surface area contributed by atoms with Gasteiger partial charge in [-0.05, 0) is 34.2 Å². The minimum Gasteiger partial charge on any atom is -0.346 e. The Kier molecular flexibility index (Phi) is 3.59. The van der Waals surface area contributed by atoms with Crippen molar-refractivity contribution in [1.82, 2.24) is 4.98 Å². The molecule has 0 aliphatic carbocycles. The van der Waals surface area contributed by atoms with Crippen molar-refractivity contribution in [3.05, 3.63) is 31.2 Å². The summed E-state index contributed by atoms with van der Waals surface area (Å²) in [7, 11) is 0. The number of hydrogen-bond donors (Lipinski definition) is 1. The van der Waals surface area contributed by atoms with Gasteiger partial charge < -0.3 is 4.98 Å². The molecule has 0 spiro atoms. The second-order valence-electron chi connectivity index (χ2n) is 2.34. The van der Waals surface area contributed by atoms with Gasteiger partial charge in [0.05, 0.1) is 9.26 Å². The number of nitrogens with one attached hydrogen (secondary N) is 1. The summed E-state index contributed by atoms with van der Waals surface area (Å²) in [6, 6.07) is 0.978. The van der Waals surface area contributed by atoms with E-state index in [0.29, 0.717) is 0 Å². The van der Waals surface area contributed by atoms with Crippen molar-refractivity contribution in [3.8, 4) is 0 Å². The zero-order valence-electron chi connectivity index (χ0n) is 6.48. The van der Waals surface area contributed by atoms with E-state index < -0.39 is 28.4 Å². The van der Waals surface area contributed by atoms with Gasteiger partial charge >= 0.3 is 0 Å². The average Bonchev–Trinajstić information content (AvgIpc) is 2.01. The molecule has 14 heavy (non-hydrogen) atoms. The number of H-pyrrole nitrogens is 1. The highest BCUT2D eigenvalue weighted by Crippen LogP contribution is 2.19. The van der Waals surface area contributed by atoms with Crippen molar-refractivity contribution in [2.24, 2.45) is 0 Å². The van der Waals surface area contributed by atoms with Crippen LogP contribution in [-0.2, 0) is 0 Å². The molecule has 0 saturated heterocycles. The van der Waals surface area contributed by atoms with Crippen LogP contribution in [0.2, 0.25) is 0 Å². The van der Waals surface area contributed by atoms with Crippen molar-refractivity contribution in [1.29, 1.82) is 0 Å². The highest BCUT2D eigenvalue weighted by atomic mass is 127. The molecule has 1 aromatic heterocycles. The molecule has 3 nitrogen and oxygen atoms in total. The fourth-order valence-electron chi connectivity index (χ4n) is 0.911. The Balaban J connectivity index is 3.53. The van der Waals surface area contributed by atoms with E-state index in [1.807, 2.05) is 0 Å². The molecule has 0 bridgehead atoms. The Morgan fingerprint density at radius 3 is 2.57 bits per heavy atom. The molecule has 0 aliphatic rings. The first kappa shape index (κ1) is 11.6. The maximum Gasteiger partial charge on any atom is 0.269 e. The van der Waals surface area contributed by atoms with Crippen LogP contribution in [-0.4, -0.2) is 10.2 Å². The van der Waals surface area contributed by atoms with Crippen LogP contribution in [0.25, 0.3) is 0 Å². The van der Waals surface area contributed by atoms with Gasteiger partial charge in [-0.1, -0.05) is 0 Å². The Morgan fingerprint density at radius 2 is 2.14 bits per heavy atom. The van der Waals surface area contributed by atoms with Gasteiger partial charge in [0.2, 0.25) is 0 Å². The van der Waals surface area contributed by atoms with Crippen molar-refractivity contribution in [3.63, 3.8) is 0 Å². The largest absolute Gasteiger partial charge is 0.346 e. The maximum atomic E-state index is 12.3. The summed E-state index contributed by atoms with van der Waals surface area (Å²) in [4.78, 5) is 24.1. The molecule has 1 heterocycles.